The highest BCUT2D eigenvalue weighted by atomic mass is 16.2. The molecule has 1 amide bonds. The molecule has 0 spiro atoms. The number of benzene rings is 5. The molecule has 0 bridgehead atoms. The topological polar surface area (TPSA) is 47.1 Å². The molecule has 2 heterocycles. The summed E-state index contributed by atoms with van der Waals surface area (Å²) in [4.78, 5) is 34.3. The van der Waals surface area contributed by atoms with Crippen molar-refractivity contribution in [1.29, 1.82) is 0 Å². The Morgan fingerprint density at radius 1 is 0.571 bits per heavy atom. The van der Waals surface area contributed by atoms with Crippen molar-refractivity contribution in [2.75, 3.05) is 39.7 Å². The van der Waals surface area contributed by atoms with Crippen molar-refractivity contribution < 1.29 is 9.59 Å². The van der Waals surface area contributed by atoms with Crippen LogP contribution in [0.2, 0.25) is 0 Å². The number of carbonyl (C=O) groups is 2. The summed E-state index contributed by atoms with van der Waals surface area (Å²) < 4.78 is 0. The van der Waals surface area contributed by atoms with Crippen molar-refractivity contribution in [2.24, 2.45) is 10.8 Å². The number of hydrogen-bond acceptors (Lipinski definition) is 5. The lowest BCUT2D eigenvalue weighted by Gasteiger charge is -2.39. The van der Waals surface area contributed by atoms with Crippen LogP contribution in [0.3, 0.4) is 0 Å². The van der Waals surface area contributed by atoms with Gasteiger partial charge >= 0.3 is 0 Å². The summed E-state index contributed by atoms with van der Waals surface area (Å²) in [5.41, 5.74) is 11.1. The average molecular weight is 843 g/mol. The van der Waals surface area contributed by atoms with Crippen LogP contribution in [0.5, 0.6) is 0 Å². The predicted octanol–water partition coefficient (Wildman–Crippen LogP) is 13.3. The second kappa shape index (κ2) is 19.2. The van der Waals surface area contributed by atoms with Gasteiger partial charge in [0.15, 0.2) is 0 Å². The van der Waals surface area contributed by atoms with Crippen LogP contribution >= 0.6 is 0 Å². The number of nitrogens with zero attached hydrogens (tertiary/aromatic N) is 4. The smallest absolute Gasteiger partial charge is 0.256 e. The van der Waals surface area contributed by atoms with Crippen LogP contribution in [0.15, 0.2) is 157 Å². The van der Waals surface area contributed by atoms with Crippen molar-refractivity contribution in [1.82, 2.24) is 0 Å². The van der Waals surface area contributed by atoms with Crippen LogP contribution in [-0.2, 0) is 33.5 Å². The summed E-state index contributed by atoms with van der Waals surface area (Å²) >= 11 is 0. The molecule has 0 aliphatic carbocycles. The molecule has 0 aromatic heterocycles. The van der Waals surface area contributed by atoms with Gasteiger partial charge in [-0.3, -0.25) is 9.59 Å². The zero-order valence-electron chi connectivity index (χ0n) is 39.8. The Labute approximate surface area is 378 Å². The fourth-order valence-corrected chi connectivity index (χ4v) is 8.14. The number of amides is 1. The van der Waals surface area contributed by atoms with Gasteiger partial charge in [0.1, 0.15) is 6.29 Å². The van der Waals surface area contributed by atoms with Gasteiger partial charge in [0.25, 0.3) is 5.91 Å². The lowest BCUT2D eigenvalue weighted by Crippen LogP contribution is -2.41. The Balaban J connectivity index is 0.000000276. The number of rotatable bonds is 10. The molecule has 0 saturated heterocycles. The van der Waals surface area contributed by atoms with E-state index in [-0.39, 0.29) is 27.6 Å². The van der Waals surface area contributed by atoms with Crippen LogP contribution in [0.4, 0.5) is 22.7 Å². The van der Waals surface area contributed by atoms with Crippen molar-refractivity contribution >= 4 is 34.9 Å². The number of hydrogen-bond donors (Lipinski definition) is 0. The Morgan fingerprint density at radius 3 is 1.46 bits per heavy atom. The van der Waals surface area contributed by atoms with E-state index in [0.29, 0.717) is 6.54 Å². The molecule has 6 heteroatoms. The first-order chi connectivity index (χ1) is 29.7. The van der Waals surface area contributed by atoms with Gasteiger partial charge in [-0.25, -0.2) is 0 Å². The largest absolute Gasteiger partial charge is 0.370 e. The highest BCUT2D eigenvalue weighted by Gasteiger charge is 2.36. The molecule has 5 aromatic carbocycles. The van der Waals surface area contributed by atoms with E-state index >= 15 is 0 Å². The molecular weight excluding hydrogens is 773 g/mol. The lowest BCUT2D eigenvalue weighted by molar-refractivity contribution is -0.116. The highest BCUT2D eigenvalue weighted by molar-refractivity contribution is 6.06. The van der Waals surface area contributed by atoms with Crippen molar-refractivity contribution in [3.05, 3.63) is 179 Å². The SMILES string of the molecule is CC1(C)CCN(c2ccc(C(C)(C)C)cc2)C=C1C=O.CN(Cc1ccc(CN(C(=O)C2=CN(c3ccc(C(C)(C)C)cc3)CCC2(C)C)c2ccccc2)cc1)c1ccccc1. The monoisotopic (exact) mass is 843 g/mol. The predicted molar refractivity (Wildman–Crippen MR) is 267 cm³/mol. The molecule has 330 valence electrons. The number of anilines is 4. The molecule has 0 unspecified atom stereocenters. The van der Waals surface area contributed by atoms with Gasteiger partial charge in [-0.05, 0) is 105 Å². The van der Waals surface area contributed by atoms with Gasteiger partial charge in [0, 0.05) is 73.0 Å². The summed E-state index contributed by atoms with van der Waals surface area (Å²) in [5, 5.41) is 0. The third kappa shape index (κ3) is 11.8. The first-order valence-corrected chi connectivity index (χ1v) is 22.6. The fraction of sp³-hybridized carbons (Fsp3) is 0.368. The summed E-state index contributed by atoms with van der Waals surface area (Å²) in [6.45, 7) is 25.2. The maximum Gasteiger partial charge on any atom is 0.256 e. The van der Waals surface area contributed by atoms with Crippen LogP contribution in [0.1, 0.15) is 104 Å². The first kappa shape index (κ1) is 46.6. The second-order valence-electron chi connectivity index (χ2n) is 20.7. The van der Waals surface area contributed by atoms with E-state index < -0.39 is 0 Å². The number of aldehydes is 1. The third-order valence-corrected chi connectivity index (χ3v) is 12.8. The zero-order valence-corrected chi connectivity index (χ0v) is 39.8. The van der Waals surface area contributed by atoms with Crippen LogP contribution in [-0.4, -0.2) is 32.3 Å². The second-order valence-corrected chi connectivity index (χ2v) is 20.7. The molecule has 0 radical (unpaired) electrons. The average Bonchev–Trinajstić information content (AvgIpc) is 3.26. The van der Waals surface area contributed by atoms with Crippen LogP contribution in [0.25, 0.3) is 0 Å². The van der Waals surface area contributed by atoms with Crippen LogP contribution < -0.4 is 19.6 Å². The van der Waals surface area contributed by atoms with E-state index in [1.807, 2.05) is 47.5 Å². The van der Waals surface area contributed by atoms with Gasteiger partial charge in [-0.1, -0.05) is 154 Å². The lowest BCUT2D eigenvalue weighted by atomic mass is 9.78. The zero-order chi connectivity index (χ0) is 45.6. The Kier molecular flexibility index (Phi) is 14.2. The molecule has 0 atom stereocenters. The molecule has 2 aliphatic rings. The summed E-state index contributed by atoms with van der Waals surface area (Å²) in [6, 6.07) is 46.6. The molecule has 0 fully saturated rings. The highest BCUT2D eigenvalue weighted by Crippen LogP contribution is 2.39. The Bertz CT molecular complexity index is 2350. The molecule has 0 N–H and O–H groups in total. The Morgan fingerprint density at radius 2 is 1.00 bits per heavy atom. The maximum atomic E-state index is 14.5. The fourth-order valence-electron chi connectivity index (χ4n) is 8.14. The number of para-hydroxylation sites is 2. The standard InChI is InChI=1S/C39H45N3O.C18H25NO/c1-38(2,3)32-21-23-34(24-22-32)41-26-25-39(4,5)36(29-41)37(43)42(35-15-11-8-12-16-35)28-31-19-17-30(18-20-31)27-40(6)33-13-9-7-10-14-33;1-17(2,3)14-6-8-16(9-7-14)19-11-10-18(4,5)15(12-19)13-20/h7-24,29H,25-28H2,1-6H3;6-9,12-13H,10-11H2,1-5H3. The van der Waals surface area contributed by atoms with Gasteiger partial charge in [0.05, 0.1) is 6.54 Å². The van der Waals surface area contributed by atoms with E-state index in [1.165, 1.54) is 22.4 Å². The van der Waals surface area contributed by atoms with Crippen molar-refractivity contribution in [3.8, 4) is 0 Å². The summed E-state index contributed by atoms with van der Waals surface area (Å²) in [6.07, 6.45) is 6.99. The molecule has 2 aliphatic heterocycles. The van der Waals surface area contributed by atoms with Gasteiger partial charge in [0.2, 0.25) is 0 Å². The number of allylic oxidation sites excluding steroid dienone is 1. The number of carbonyl (C=O) groups excluding carboxylic acids is 2. The molecule has 7 rings (SSSR count). The minimum absolute atomic E-state index is 0.0103. The minimum atomic E-state index is -0.238. The quantitative estimate of drug-likeness (QED) is 0.131. The van der Waals surface area contributed by atoms with E-state index in [0.717, 1.165) is 72.5 Å². The normalized spacial score (nSPS) is 15.9. The molecule has 6 nitrogen and oxygen atoms in total. The molecule has 0 saturated carbocycles. The molecular formula is C57H70N4O2. The van der Waals surface area contributed by atoms with Gasteiger partial charge in [-0.2, -0.15) is 0 Å². The van der Waals surface area contributed by atoms with Crippen LogP contribution in [0, 0.1) is 10.8 Å². The maximum absolute atomic E-state index is 14.5. The van der Waals surface area contributed by atoms with Gasteiger partial charge < -0.3 is 19.6 Å². The molecule has 5 aromatic rings. The van der Waals surface area contributed by atoms with E-state index in [9.17, 15) is 9.59 Å². The summed E-state index contributed by atoms with van der Waals surface area (Å²) in [7, 11) is 2.11. The van der Waals surface area contributed by atoms with E-state index in [1.54, 1.807) is 0 Å². The van der Waals surface area contributed by atoms with Crippen molar-refractivity contribution in [3.63, 3.8) is 0 Å². The van der Waals surface area contributed by atoms with E-state index in [2.05, 4.69) is 194 Å². The molecule has 63 heavy (non-hydrogen) atoms. The third-order valence-electron chi connectivity index (χ3n) is 12.8. The van der Waals surface area contributed by atoms with Gasteiger partial charge in [-0.15, -0.1) is 0 Å². The first-order valence-electron chi connectivity index (χ1n) is 22.6. The van der Waals surface area contributed by atoms with E-state index in [4.69, 9.17) is 0 Å². The Hall–Kier alpha value is -5.88. The van der Waals surface area contributed by atoms with Crippen molar-refractivity contribution in [2.45, 2.75) is 106 Å². The summed E-state index contributed by atoms with van der Waals surface area (Å²) in [5.74, 6) is 0.0556. The minimum Gasteiger partial charge on any atom is -0.370 e.